The van der Waals surface area contributed by atoms with Crippen LogP contribution < -0.4 is 5.32 Å². The average Bonchev–Trinajstić information content (AvgIpc) is 2.19. The first-order chi connectivity index (χ1) is 7.46. The summed E-state index contributed by atoms with van der Waals surface area (Å²) in [6, 6.07) is 3.86. The summed E-state index contributed by atoms with van der Waals surface area (Å²) in [5.41, 5.74) is -0.437. The van der Waals surface area contributed by atoms with Crippen LogP contribution in [-0.2, 0) is 6.18 Å². The van der Waals surface area contributed by atoms with Crippen molar-refractivity contribution in [2.45, 2.75) is 6.18 Å². The van der Waals surface area contributed by atoms with Gasteiger partial charge in [0, 0.05) is 6.54 Å². The van der Waals surface area contributed by atoms with Gasteiger partial charge >= 0.3 is 6.18 Å². The molecule has 1 aromatic rings. The summed E-state index contributed by atoms with van der Waals surface area (Å²) in [5, 5.41) is 2.59. The second kappa shape index (κ2) is 5.37. The molecule has 0 spiro atoms. The molecule has 0 unspecified atom stereocenters. The molecule has 1 N–H and O–H groups in total. The second-order valence-electron chi connectivity index (χ2n) is 3.17. The Kier molecular flexibility index (Phi) is 4.38. The van der Waals surface area contributed by atoms with E-state index in [1.165, 1.54) is 6.07 Å². The van der Waals surface area contributed by atoms with Crippen molar-refractivity contribution in [3.8, 4) is 0 Å². The first-order valence-electron chi connectivity index (χ1n) is 4.63. The number of likely N-dealkylation sites (N-methyl/N-ethyl adjacent to an activating group) is 1. The van der Waals surface area contributed by atoms with Gasteiger partial charge < -0.3 is 5.32 Å². The van der Waals surface area contributed by atoms with Crippen LogP contribution in [0.3, 0.4) is 0 Å². The highest BCUT2D eigenvalue weighted by Crippen LogP contribution is 2.36. The predicted octanol–water partition coefficient (Wildman–Crippen LogP) is 3.59. The van der Waals surface area contributed by atoms with Gasteiger partial charge in [0.15, 0.2) is 0 Å². The van der Waals surface area contributed by atoms with Crippen LogP contribution in [0.2, 0.25) is 5.02 Å². The third-order valence-corrected chi connectivity index (χ3v) is 2.38. The summed E-state index contributed by atoms with van der Waals surface area (Å²) in [6.07, 6.45) is -1.14. The summed E-state index contributed by atoms with van der Waals surface area (Å²) in [7, 11) is 1.75. The summed E-state index contributed by atoms with van der Waals surface area (Å²) in [6.45, 7) is 0.576. The van der Waals surface area contributed by atoms with Gasteiger partial charge in [0.25, 0.3) is 0 Å². The molecule has 16 heavy (non-hydrogen) atoms. The van der Waals surface area contributed by atoms with Gasteiger partial charge in [0.2, 0.25) is 0 Å². The molecule has 0 aliphatic heterocycles. The zero-order valence-corrected chi connectivity index (χ0v) is 9.36. The Morgan fingerprint density at radius 1 is 1.38 bits per heavy atom. The second-order valence-corrected chi connectivity index (χ2v) is 3.54. The van der Waals surface area contributed by atoms with Crippen molar-refractivity contribution in [1.29, 1.82) is 0 Å². The minimum atomic E-state index is -4.41. The molecule has 0 aliphatic carbocycles. The monoisotopic (exact) mass is 249 g/mol. The minimum absolute atomic E-state index is 0.262. The third kappa shape index (κ3) is 3.25. The summed E-state index contributed by atoms with van der Waals surface area (Å²) in [5.74, 6) is 0. The van der Waals surface area contributed by atoms with Crippen LogP contribution >= 0.6 is 11.6 Å². The molecule has 0 aliphatic rings. The molecule has 0 saturated carbocycles. The molecule has 0 saturated heterocycles. The number of alkyl halides is 3. The predicted molar refractivity (Wildman–Crippen MR) is 59.4 cm³/mol. The number of nitrogens with one attached hydrogen (secondary N) is 1. The molecule has 0 radical (unpaired) electrons. The zero-order chi connectivity index (χ0) is 12.2. The molecule has 88 valence electrons. The summed E-state index contributed by atoms with van der Waals surface area (Å²) >= 11 is 5.68. The Morgan fingerprint density at radius 2 is 2.06 bits per heavy atom. The maximum Gasteiger partial charge on any atom is 0.417 e. The lowest BCUT2D eigenvalue weighted by atomic mass is 10.1. The number of benzene rings is 1. The minimum Gasteiger partial charge on any atom is -0.316 e. The number of hydrogen-bond acceptors (Lipinski definition) is 1. The van der Waals surface area contributed by atoms with E-state index in [1.807, 2.05) is 0 Å². The Bertz CT molecular complexity index is 385. The smallest absolute Gasteiger partial charge is 0.316 e. The molecular formula is C11H11ClF3N. The molecule has 0 atom stereocenters. The zero-order valence-electron chi connectivity index (χ0n) is 8.61. The maximum absolute atomic E-state index is 12.5. The molecule has 1 aromatic carbocycles. The number of halogens is 4. The van der Waals surface area contributed by atoms with Crippen LogP contribution in [0.4, 0.5) is 13.2 Å². The van der Waals surface area contributed by atoms with Gasteiger partial charge in [-0.2, -0.15) is 13.2 Å². The lowest BCUT2D eigenvalue weighted by Gasteiger charge is -2.10. The van der Waals surface area contributed by atoms with Gasteiger partial charge in [-0.05, 0) is 18.7 Å². The number of hydrogen-bond donors (Lipinski definition) is 1. The van der Waals surface area contributed by atoms with Crippen LogP contribution in [0.5, 0.6) is 0 Å². The van der Waals surface area contributed by atoms with E-state index < -0.39 is 11.7 Å². The molecule has 0 bridgehead atoms. The standard InChI is InChI=1S/C11H11ClF3N/c1-16-7-3-5-8-4-2-6-9(10(8)12)11(13,14)15/h2-6,16H,7H2,1H3. The first-order valence-corrected chi connectivity index (χ1v) is 5.01. The van der Waals surface area contributed by atoms with Crippen molar-refractivity contribution in [3.63, 3.8) is 0 Å². The Balaban J connectivity index is 3.05. The van der Waals surface area contributed by atoms with E-state index in [9.17, 15) is 13.2 Å². The van der Waals surface area contributed by atoms with E-state index in [-0.39, 0.29) is 5.02 Å². The SMILES string of the molecule is CNCC=Cc1cccc(C(F)(F)F)c1Cl. The molecule has 0 fully saturated rings. The van der Waals surface area contributed by atoms with E-state index in [1.54, 1.807) is 25.3 Å². The molecule has 0 heterocycles. The van der Waals surface area contributed by atoms with E-state index >= 15 is 0 Å². The van der Waals surface area contributed by atoms with Crippen LogP contribution in [0.25, 0.3) is 6.08 Å². The highest BCUT2D eigenvalue weighted by Gasteiger charge is 2.33. The molecule has 1 nitrogen and oxygen atoms in total. The largest absolute Gasteiger partial charge is 0.417 e. The first kappa shape index (κ1) is 13.1. The van der Waals surface area contributed by atoms with Crippen molar-refractivity contribution in [2.24, 2.45) is 0 Å². The third-order valence-electron chi connectivity index (χ3n) is 1.95. The van der Waals surface area contributed by atoms with Gasteiger partial charge in [-0.15, -0.1) is 0 Å². The Morgan fingerprint density at radius 3 is 2.62 bits per heavy atom. The fourth-order valence-corrected chi connectivity index (χ4v) is 1.50. The molecule has 1 rings (SSSR count). The van der Waals surface area contributed by atoms with Crippen LogP contribution in [0.15, 0.2) is 24.3 Å². The molecule has 0 amide bonds. The normalized spacial score (nSPS) is 12.3. The van der Waals surface area contributed by atoms with Crippen LogP contribution in [-0.4, -0.2) is 13.6 Å². The van der Waals surface area contributed by atoms with Crippen LogP contribution in [0, 0.1) is 0 Å². The average molecular weight is 250 g/mol. The summed E-state index contributed by atoms with van der Waals surface area (Å²) < 4.78 is 37.5. The highest BCUT2D eigenvalue weighted by molar-refractivity contribution is 6.32. The van der Waals surface area contributed by atoms with E-state index in [0.29, 0.717) is 12.1 Å². The van der Waals surface area contributed by atoms with Crippen molar-refractivity contribution >= 4 is 17.7 Å². The van der Waals surface area contributed by atoms with Gasteiger partial charge in [0.1, 0.15) is 0 Å². The fraction of sp³-hybridized carbons (Fsp3) is 0.273. The van der Waals surface area contributed by atoms with Gasteiger partial charge in [-0.25, -0.2) is 0 Å². The lowest BCUT2D eigenvalue weighted by molar-refractivity contribution is -0.137. The van der Waals surface area contributed by atoms with Gasteiger partial charge in [-0.1, -0.05) is 35.9 Å². The quantitative estimate of drug-likeness (QED) is 0.863. The van der Waals surface area contributed by atoms with Crippen molar-refractivity contribution in [1.82, 2.24) is 5.32 Å². The molecule has 5 heteroatoms. The Labute approximate surface area is 96.9 Å². The van der Waals surface area contributed by atoms with Crippen LogP contribution in [0.1, 0.15) is 11.1 Å². The van der Waals surface area contributed by atoms with E-state index in [0.717, 1.165) is 6.07 Å². The van der Waals surface area contributed by atoms with E-state index in [2.05, 4.69) is 5.32 Å². The van der Waals surface area contributed by atoms with Gasteiger partial charge in [0.05, 0.1) is 10.6 Å². The lowest BCUT2D eigenvalue weighted by Crippen LogP contribution is -2.06. The van der Waals surface area contributed by atoms with E-state index in [4.69, 9.17) is 11.6 Å². The topological polar surface area (TPSA) is 12.0 Å². The highest BCUT2D eigenvalue weighted by atomic mass is 35.5. The summed E-state index contributed by atoms with van der Waals surface area (Å²) in [4.78, 5) is 0. The molecule has 0 aromatic heterocycles. The fourth-order valence-electron chi connectivity index (χ4n) is 1.20. The van der Waals surface area contributed by atoms with Crippen molar-refractivity contribution in [2.75, 3.05) is 13.6 Å². The molecular weight excluding hydrogens is 239 g/mol. The maximum atomic E-state index is 12.5. The van der Waals surface area contributed by atoms with Crippen molar-refractivity contribution < 1.29 is 13.2 Å². The Hall–Kier alpha value is -1.00. The number of rotatable bonds is 3. The van der Waals surface area contributed by atoms with Crippen molar-refractivity contribution in [3.05, 3.63) is 40.4 Å². The van der Waals surface area contributed by atoms with Gasteiger partial charge in [-0.3, -0.25) is 0 Å².